The third kappa shape index (κ3) is 12.0. The van der Waals surface area contributed by atoms with Crippen molar-refractivity contribution in [3.05, 3.63) is 50.7 Å². The first-order valence-electron chi connectivity index (χ1n) is 13.5. The molecule has 1 unspecified atom stereocenters. The van der Waals surface area contributed by atoms with E-state index in [0.717, 1.165) is 16.9 Å². The lowest BCUT2D eigenvalue weighted by Gasteiger charge is -2.25. The summed E-state index contributed by atoms with van der Waals surface area (Å²) in [6, 6.07) is 5.33. The molecule has 1 heterocycles. The lowest BCUT2D eigenvalue weighted by Crippen LogP contribution is -2.50. The van der Waals surface area contributed by atoms with Crippen molar-refractivity contribution in [2.45, 2.75) is 71.7 Å². The van der Waals surface area contributed by atoms with E-state index in [2.05, 4.69) is 37.3 Å². The first-order chi connectivity index (χ1) is 19.9. The highest BCUT2D eigenvalue weighted by atomic mass is 32.2. The standard InChI is InChI=1S/C27H39B2N5O7S2/c1-17-14-18(2)23(19(3)15-17)43(39,40)34-21(25(36)41-27(4,5)6)16-31-24(35)22-12-11-20(42-22)10-9-13-30-26(32-28(7)37)33-29(8)38/h11-12,14-15,21,34,37-38H,13,16H2,1-8H3,(H,31,35)(H2,30,32,33). The average molecular weight is 631 g/mol. The molecule has 2 rings (SSSR count). The molecule has 12 nitrogen and oxygen atoms in total. The molecule has 0 saturated carbocycles. The normalized spacial score (nSPS) is 12.5. The van der Waals surface area contributed by atoms with Crippen molar-refractivity contribution >= 4 is 53.3 Å². The maximum atomic E-state index is 13.4. The van der Waals surface area contributed by atoms with Gasteiger partial charge in [-0.2, -0.15) is 4.72 Å². The van der Waals surface area contributed by atoms with Crippen LogP contribution < -0.4 is 20.6 Å². The number of guanidine groups is 1. The molecule has 0 aliphatic rings. The van der Waals surface area contributed by atoms with Crippen LogP contribution in [0, 0.1) is 32.6 Å². The van der Waals surface area contributed by atoms with Gasteiger partial charge in [-0.15, -0.1) is 11.3 Å². The summed E-state index contributed by atoms with van der Waals surface area (Å²) in [7, 11) is -6.02. The summed E-state index contributed by atoms with van der Waals surface area (Å²) < 4.78 is 34.6. The number of thiophene rings is 1. The Bertz CT molecular complexity index is 1480. The third-order valence-corrected chi connectivity index (χ3v) is 8.15. The van der Waals surface area contributed by atoms with Gasteiger partial charge in [0.25, 0.3) is 5.91 Å². The van der Waals surface area contributed by atoms with Crippen LogP contribution >= 0.6 is 11.3 Å². The van der Waals surface area contributed by atoms with Crippen LogP contribution in [0.25, 0.3) is 0 Å². The predicted molar refractivity (Wildman–Crippen MR) is 170 cm³/mol. The molecule has 1 aromatic carbocycles. The van der Waals surface area contributed by atoms with Gasteiger partial charge in [0.15, 0.2) is 5.96 Å². The minimum absolute atomic E-state index is 0.0693. The lowest BCUT2D eigenvalue weighted by molar-refractivity contribution is -0.156. The van der Waals surface area contributed by atoms with E-state index in [1.165, 1.54) is 13.6 Å². The molecule has 1 atom stereocenters. The Morgan fingerprint density at radius 3 is 2.28 bits per heavy atom. The van der Waals surface area contributed by atoms with Crippen molar-refractivity contribution in [1.82, 2.24) is 20.6 Å². The topological polar surface area (TPSA) is 178 Å². The number of sulfonamides is 1. The molecule has 0 aliphatic heterocycles. The molecule has 0 saturated heterocycles. The number of rotatable bonds is 10. The van der Waals surface area contributed by atoms with Crippen LogP contribution in [0.1, 0.15) is 52.0 Å². The number of amides is 1. The van der Waals surface area contributed by atoms with E-state index in [-0.39, 0.29) is 23.9 Å². The van der Waals surface area contributed by atoms with E-state index in [1.807, 2.05) is 6.92 Å². The second-order valence-electron chi connectivity index (χ2n) is 10.9. The molecule has 0 spiro atoms. The van der Waals surface area contributed by atoms with Gasteiger partial charge in [0.05, 0.1) is 21.2 Å². The van der Waals surface area contributed by atoms with E-state index in [0.29, 0.717) is 20.9 Å². The third-order valence-electron chi connectivity index (χ3n) is 5.38. The summed E-state index contributed by atoms with van der Waals surface area (Å²) in [5, 5.41) is 27.0. The van der Waals surface area contributed by atoms with E-state index >= 15 is 0 Å². The zero-order valence-corrected chi connectivity index (χ0v) is 27.3. The van der Waals surface area contributed by atoms with Crippen molar-refractivity contribution in [2.24, 2.45) is 4.90 Å². The Balaban J connectivity index is 2.14. The molecule has 0 fully saturated rings. The van der Waals surface area contributed by atoms with Gasteiger partial charge >= 0.3 is 20.1 Å². The highest BCUT2D eigenvalue weighted by Gasteiger charge is 2.32. The van der Waals surface area contributed by atoms with Crippen LogP contribution in [-0.2, 0) is 19.6 Å². The van der Waals surface area contributed by atoms with Gasteiger partial charge in [-0.05, 0) is 78.4 Å². The van der Waals surface area contributed by atoms with Crippen LogP contribution in [0.15, 0.2) is 34.1 Å². The first kappa shape index (κ1) is 35.8. The van der Waals surface area contributed by atoms with Gasteiger partial charge in [-0.1, -0.05) is 29.5 Å². The molecular formula is C27H39B2N5O7S2. The SMILES string of the molecule is CB(O)N=C(NCC#Cc1ccc(C(=O)NCC(NS(=O)(=O)c2c(C)cc(C)cc2C)C(=O)OC(C)(C)C)s1)NB(C)O. The number of hydrogen-bond donors (Lipinski definition) is 6. The fourth-order valence-corrected chi connectivity index (χ4v) is 6.40. The van der Waals surface area contributed by atoms with Crippen LogP contribution in [0.3, 0.4) is 0 Å². The minimum Gasteiger partial charge on any atom is -0.459 e. The Kier molecular flexibility index (Phi) is 12.8. The molecule has 43 heavy (non-hydrogen) atoms. The van der Waals surface area contributed by atoms with Crippen LogP contribution in [0.2, 0.25) is 13.6 Å². The second-order valence-corrected chi connectivity index (χ2v) is 13.6. The molecule has 6 N–H and O–H groups in total. The highest BCUT2D eigenvalue weighted by Crippen LogP contribution is 2.22. The molecule has 2 aromatic rings. The molecule has 0 aliphatic carbocycles. The van der Waals surface area contributed by atoms with Crippen molar-refractivity contribution in [3.63, 3.8) is 0 Å². The monoisotopic (exact) mass is 631 g/mol. The van der Waals surface area contributed by atoms with Gasteiger partial charge < -0.3 is 30.6 Å². The van der Waals surface area contributed by atoms with Crippen LogP contribution in [-0.4, -0.2) is 75.1 Å². The van der Waals surface area contributed by atoms with Gasteiger partial charge in [-0.3, -0.25) is 14.5 Å². The Morgan fingerprint density at radius 1 is 1.09 bits per heavy atom. The number of ether oxygens (including phenoxy) is 1. The van der Waals surface area contributed by atoms with Crippen molar-refractivity contribution in [2.75, 3.05) is 13.1 Å². The number of nitrogens with one attached hydrogen (secondary N) is 4. The maximum absolute atomic E-state index is 13.4. The summed E-state index contributed by atoms with van der Waals surface area (Å²) in [5.41, 5.74) is 1.09. The maximum Gasteiger partial charge on any atom is 0.431 e. The number of carbonyl (C=O) groups excluding carboxylic acids is 2. The van der Waals surface area contributed by atoms with E-state index < -0.39 is 47.6 Å². The van der Waals surface area contributed by atoms with E-state index in [4.69, 9.17) is 4.74 Å². The van der Waals surface area contributed by atoms with Crippen molar-refractivity contribution < 1.29 is 32.8 Å². The quantitative estimate of drug-likeness (QED) is 0.0739. The average Bonchev–Trinajstić information content (AvgIpc) is 3.30. The summed E-state index contributed by atoms with van der Waals surface area (Å²) >= 11 is 1.11. The van der Waals surface area contributed by atoms with Gasteiger partial charge in [0.1, 0.15) is 11.6 Å². The molecular weight excluding hydrogens is 592 g/mol. The Morgan fingerprint density at radius 2 is 1.72 bits per heavy atom. The molecule has 16 heteroatoms. The smallest absolute Gasteiger partial charge is 0.431 e. The van der Waals surface area contributed by atoms with E-state index in [1.54, 1.807) is 58.9 Å². The van der Waals surface area contributed by atoms with Gasteiger partial charge in [0, 0.05) is 6.54 Å². The van der Waals surface area contributed by atoms with Gasteiger partial charge in [0.2, 0.25) is 10.0 Å². The van der Waals surface area contributed by atoms with Crippen molar-refractivity contribution in [1.29, 1.82) is 0 Å². The van der Waals surface area contributed by atoms with Crippen LogP contribution in [0.5, 0.6) is 0 Å². The van der Waals surface area contributed by atoms with Crippen LogP contribution in [0.4, 0.5) is 0 Å². The predicted octanol–water partition coefficient (Wildman–Crippen LogP) is 1.20. The van der Waals surface area contributed by atoms with Gasteiger partial charge in [-0.25, -0.2) is 8.42 Å². The highest BCUT2D eigenvalue weighted by molar-refractivity contribution is 7.89. The Labute approximate surface area is 258 Å². The largest absolute Gasteiger partial charge is 0.459 e. The zero-order valence-electron chi connectivity index (χ0n) is 25.7. The summed E-state index contributed by atoms with van der Waals surface area (Å²) in [6.07, 6.45) is 0. The summed E-state index contributed by atoms with van der Waals surface area (Å²) in [5.74, 6) is 4.61. The molecule has 0 radical (unpaired) electrons. The number of nitrogens with zero attached hydrogens (tertiary/aromatic N) is 1. The summed E-state index contributed by atoms with van der Waals surface area (Å²) in [6.45, 7) is 13.0. The number of carbonyl (C=O) groups is 2. The Hall–Kier alpha value is -3.35. The fraction of sp³-hybridized carbons (Fsp3) is 0.444. The van der Waals surface area contributed by atoms with Crippen molar-refractivity contribution in [3.8, 4) is 11.8 Å². The molecule has 232 valence electrons. The zero-order chi connectivity index (χ0) is 32.5. The minimum atomic E-state index is -4.14. The molecule has 1 aromatic heterocycles. The molecule has 1 amide bonds. The van der Waals surface area contributed by atoms with E-state index in [9.17, 15) is 28.1 Å². The summed E-state index contributed by atoms with van der Waals surface area (Å²) in [4.78, 5) is 30.8. The molecule has 0 bridgehead atoms. The second kappa shape index (κ2) is 15.4. The first-order valence-corrected chi connectivity index (χ1v) is 15.8. The lowest BCUT2D eigenvalue weighted by atomic mass is 9.88. The number of aryl methyl sites for hydroxylation is 3. The number of esters is 1. The number of benzene rings is 1. The fourth-order valence-electron chi connectivity index (χ4n) is 3.97. The number of hydrogen-bond acceptors (Lipinski definition) is 9.